The Morgan fingerprint density at radius 1 is 1.13 bits per heavy atom. The number of hydrogen-bond donors (Lipinski definition) is 4. The van der Waals surface area contributed by atoms with Crippen LogP contribution in [0.25, 0.3) is 10.9 Å². The number of nitrogens with one attached hydrogen (secondary N) is 2. The third-order valence-electron chi connectivity index (χ3n) is 6.20. The summed E-state index contributed by atoms with van der Waals surface area (Å²) < 4.78 is 7.04. The van der Waals surface area contributed by atoms with E-state index in [9.17, 15) is 24.6 Å². The molecule has 2 aromatic rings. The molecule has 1 saturated carbocycles. The number of rotatable bonds is 4. The van der Waals surface area contributed by atoms with Crippen molar-refractivity contribution in [2.24, 2.45) is 5.92 Å². The first-order valence-electron chi connectivity index (χ1n) is 10.5. The topological polar surface area (TPSA) is 134 Å². The highest BCUT2D eigenvalue weighted by molar-refractivity contribution is 5.79. The number of fused-ring (bicyclic) bond motifs is 1. The molecule has 2 aliphatic rings. The molecule has 1 aliphatic heterocycles. The minimum atomic E-state index is -1.30. The highest BCUT2D eigenvalue weighted by atomic mass is 16.5. The first-order chi connectivity index (χ1) is 14.5. The van der Waals surface area contributed by atoms with Gasteiger partial charge in [0.15, 0.2) is 0 Å². The van der Waals surface area contributed by atoms with Gasteiger partial charge < -0.3 is 20.3 Å². The molecule has 2 heterocycles. The maximum Gasteiger partial charge on any atom is 0.328 e. The second kappa shape index (κ2) is 8.71. The van der Waals surface area contributed by atoms with Gasteiger partial charge in [-0.15, -0.1) is 0 Å². The average Bonchev–Trinajstić information content (AvgIpc) is 2.76. The molecule has 0 bridgehead atoms. The van der Waals surface area contributed by atoms with Crippen LogP contribution >= 0.6 is 0 Å². The minimum Gasteiger partial charge on any atom is -0.388 e. The number of aliphatic hydroxyl groups excluding tert-OH is 2. The summed E-state index contributed by atoms with van der Waals surface area (Å²) >= 11 is 0. The molecule has 1 amide bonds. The van der Waals surface area contributed by atoms with Crippen molar-refractivity contribution in [3.63, 3.8) is 0 Å². The number of carbonyl (C=O) groups is 1. The van der Waals surface area contributed by atoms with Crippen molar-refractivity contribution < 1.29 is 19.7 Å². The summed E-state index contributed by atoms with van der Waals surface area (Å²) in [6.07, 6.45) is 1.47. The van der Waals surface area contributed by atoms with Crippen LogP contribution in [0.5, 0.6) is 0 Å². The van der Waals surface area contributed by atoms with Gasteiger partial charge in [0, 0.05) is 5.92 Å². The predicted molar refractivity (Wildman–Crippen MR) is 109 cm³/mol. The van der Waals surface area contributed by atoms with Crippen LogP contribution in [-0.4, -0.2) is 56.6 Å². The van der Waals surface area contributed by atoms with Crippen LogP contribution in [-0.2, 0) is 16.1 Å². The molecule has 4 N–H and O–H groups in total. The van der Waals surface area contributed by atoms with E-state index in [0.29, 0.717) is 10.9 Å². The normalized spacial score (nSPS) is 27.8. The Balaban J connectivity index is 1.47. The summed E-state index contributed by atoms with van der Waals surface area (Å²) in [4.78, 5) is 39.1. The maximum atomic E-state index is 12.5. The second-order valence-electron chi connectivity index (χ2n) is 8.19. The third-order valence-corrected chi connectivity index (χ3v) is 6.20. The van der Waals surface area contributed by atoms with E-state index in [2.05, 4.69) is 10.3 Å². The highest BCUT2D eigenvalue weighted by Gasteiger charge is 2.40. The molecular weight excluding hydrogens is 390 g/mol. The molecule has 9 heteroatoms. The zero-order valence-electron chi connectivity index (χ0n) is 16.6. The Morgan fingerprint density at radius 3 is 2.63 bits per heavy atom. The monoisotopic (exact) mass is 417 g/mol. The van der Waals surface area contributed by atoms with E-state index in [1.165, 1.54) is 4.57 Å². The molecule has 1 aromatic heterocycles. The molecule has 0 radical (unpaired) electrons. The zero-order chi connectivity index (χ0) is 21.3. The van der Waals surface area contributed by atoms with Gasteiger partial charge in [-0.25, -0.2) is 4.79 Å². The van der Waals surface area contributed by atoms with Crippen molar-refractivity contribution in [1.29, 1.82) is 0 Å². The van der Waals surface area contributed by atoms with Crippen LogP contribution in [0, 0.1) is 5.92 Å². The Bertz CT molecular complexity index is 1030. The Labute approximate surface area is 172 Å². The van der Waals surface area contributed by atoms with Crippen LogP contribution in [0.4, 0.5) is 0 Å². The Hall–Kier alpha value is -2.49. The Kier molecular flexibility index (Phi) is 6.03. The first kappa shape index (κ1) is 20.8. The quantitative estimate of drug-likeness (QED) is 0.548. The van der Waals surface area contributed by atoms with E-state index in [1.807, 2.05) is 0 Å². The summed E-state index contributed by atoms with van der Waals surface area (Å²) in [6.45, 7) is -0.0188. The lowest BCUT2D eigenvalue weighted by molar-refractivity contribution is -0.159. The number of carbonyl (C=O) groups excluding carboxylic acids is 1. The number of aromatic amines is 1. The fraction of sp³-hybridized carbons (Fsp3) is 0.571. The number of benzene rings is 1. The first-order valence-corrected chi connectivity index (χ1v) is 10.5. The third kappa shape index (κ3) is 4.05. The fourth-order valence-electron chi connectivity index (χ4n) is 4.44. The van der Waals surface area contributed by atoms with Crippen LogP contribution < -0.4 is 16.6 Å². The number of ether oxygens (including phenoxy) is 1. The molecule has 4 rings (SSSR count). The summed E-state index contributed by atoms with van der Waals surface area (Å²) in [5.41, 5.74) is -0.677. The smallest absolute Gasteiger partial charge is 0.328 e. The van der Waals surface area contributed by atoms with E-state index in [-0.39, 0.29) is 25.0 Å². The molecule has 162 valence electrons. The van der Waals surface area contributed by atoms with Crippen LogP contribution in [0.3, 0.4) is 0 Å². The lowest BCUT2D eigenvalue weighted by Crippen LogP contribution is -2.60. The predicted octanol–water partition coefficient (Wildman–Crippen LogP) is -0.124. The molecule has 2 fully saturated rings. The number of nitrogens with zero attached hydrogens (tertiary/aromatic N) is 1. The standard InChI is InChI=1S/C21H27N3O6/c25-17-14(22-19(27)12-6-2-1-3-7-12)11-30-16(18(17)26)10-24-15-9-5-4-8-13(15)20(28)23-21(24)29/h4-5,8-9,12,14,16-18,25-26H,1-3,6-7,10-11H2,(H,22,27)(H,23,28,29)/t14-,16-,17+,18-/m1/s1. The number of H-pyrrole nitrogens is 1. The Morgan fingerprint density at radius 2 is 1.87 bits per heavy atom. The molecule has 0 unspecified atom stereocenters. The van der Waals surface area contributed by atoms with Gasteiger partial charge in [-0.3, -0.25) is 19.1 Å². The van der Waals surface area contributed by atoms with Gasteiger partial charge in [-0.05, 0) is 25.0 Å². The highest BCUT2D eigenvalue weighted by Crippen LogP contribution is 2.25. The van der Waals surface area contributed by atoms with Crippen LogP contribution in [0.1, 0.15) is 32.1 Å². The van der Waals surface area contributed by atoms with Crippen molar-refractivity contribution >= 4 is 16.8 Å². The molecule has 1 aromatic carbocycles. The molecule has 0 spiro atoms. The zero-order valence-corrected chi connectivity index (χ0v) is 16.6. The van der Waals surface area contributed by atoms with Crippen molar-refractivity contribution in [3.8, 4) is 0 Å². The number of para-hydroxylation sites is 1. The van der Waals surface area contributed by atoms with E-state index in [0.717, 1.165) is 32.1 Å². The largest absolute Gasteiger partial charge is 0.388 e. The van der Waals surface area contributed by atoms with E-state index >= 15 is 0 Å². The number of hydrogen-bond acceptors (Lipinski definition) is 6. The molecule has 1 saturated heterocycles. The van der Waals surface area contributed by atoms with Crippen molar-refractivity contribution in [1.82, 2.24) is 14.9 Å². The molecular formula is C21H27N3O6. The van der Waals surface area contributed by atoms with Gasteiger partial charge in [0.2, 0.25) is 5.91 Å². The van der Waals surface area contributed by atoms with Crippen molar-refractivity contribution in [3.05, 3.63) is 45.1 Å². The fourth-order valence-corrected chi connectivity index (χ4v) is 4.44. The summed E-state index contributed by atoms with van der Waals surface area (Å²) in [5, 5.41) is 24.3. The molecule has 1 aliphatic carbocycles. The van der Waals surface area contributed by atoms with Gasteiger partial charge in [-0.1, -0.05) is 31.4 Å². The summed E-state index contributed by atoms with van der Waals surface area (Å²) in [5.74, 6) is -0.178. The summed E-state index contributed by atoms with van der Waals surface area (Å²) in [6, 6.07) is 5.94. The second-order valence-corrected chi connectivity index (χ2v) is 8.19. The molecule has 4 atom stereocenters. The molecule has 30 heavy (non-hydrogen) atoms. The average molecular weight is 417 g/mol. The number of aliphatic hydroxyl groups is 2. The van der Waals surface area contributed by atoms with Crippen LogP contribution in [0.2, 0.25) is 0 Å². The lowest BCUT2D eigenvalue weighted by Gasteiger charge is -2.38. The van der Waals surface area contributed by atoms with Crippen LogP contribution in [0.15, 0.2) is 33.9 Å². The van der Waals surface area contributed by atoms with Crippen molar-refractivity contribution in [2.75, 3.05) is 6.61 Å². The van der Waals surface area contributed by atoms with Gasteiger partial charge in [-0.2, -0.15) is 0 Å². The SMILES string of the molecule is O=C(N[C@@H]1CO[C@H](Cn2c(=O)[nH]c(=O)c3ccccc32)[C@@H](O)[C@H]1O)C1CCCCC1. The summed E-state index contributed by atoms with van der Waals surface area (Å²) in [7, 11) is 0. The molecule has 9 nitrogen and oxygen atoms in total. The van der Waals surface area contributed by atoms with Gasteiger partial charge in [0.25, 0.3) is 5.56 Å². The van der Waals surface area contributed by atoms with Gasteiger partial charge >= 0.3 is 5.69 Å². The minimum absolute atomic E-state index is 0.0252. The number of aromatic nitrogens is 2. The van der Waals surface area contributed by atoms with E-state index < -0.39 is 35.6 Å². The van der Waals surface area contributed by atoms with E-state index in [4.69, 9.17) is 4.74 Å². The van der Waals surface area contributed by atoms with Gasteiger partial charge in [0.1, 0.15) is 18.3 Å². The van der Waals surface area contributed by atoms with Crippen molar-refractivity contribution in [2.45, 2.75) is 63.0 Å². The number of amides is 1. The van der Waals surface area contributed by atoms with Gasteiger partial charge in [0.05, 0.1) is 30.1 Å². The lowest BCUT2D eigenvalue weighted by atomic mass is 9.88. The maximum absolute atomic E-state index is 12.5. The van der Waals surface area contributed by atoms with E-state index in [1.54, 1.807) is 24.3 Å².